The van der Waals surface area contributed by atoms with Crippen LogP contribution >= 0.6 is 0 Å². The van der Waals surface area contributed by atoms with Gasteiger partial charge in [0.2, 0.25) is 0 Å². The molecule has 2 N–H and O–H groups in total. The van der Waals surface area contributed by atoms with Gasteiger partial charge in [-0.1, -0.05) is 12.1 Å². The Morgan fingerprint density at radius 1 is 1.48 bits per heavy atom. The quantitative estimate of drug-likeness (QED) is 0.650. The average Bonchev–Trinajstić information content (AvgIpc) is 3.27. The molecule has 0 saturated carbocycles. The number of carbonyl (C=O) groups excluding carboxylic acids is 1. The highest BCUT2D eigenvalue weighted by molar-refractivity contribution is 5.88. The molecule has 0 spiro atoms. The van der Waals surface area contributed by atoms with Gasteiger partial charge in [0.1, 0.15) is 12.3 Å². The molecule has 0 bridgehead atoms. The monoisotopic (exact) mass is 379 g/mol. The summed E-state index contributed by atoms with van der Waals surface area (Å²) in [5.74, 6) is -0.596. The molecule has 0 aliphatic carbocycles. The molecule has 11 nitrogen and oxygen atoms in total. The fourth-order valence-electron chi connectivity index (χ4n) is 3.27. The van der Waals surface area contributed by atoms with Crippen molar-refractivity contribution in [1.82, 2.24) is 24.5 Å². The number of rotatable bonds is 5. The maximum absolute atomic E-state index is 12.1. The Morgan fingerprint density at radius 2 is 2.22 bits per heavy atom. The van der Waals surface area contributed by atoms with E-state index in [4.69, 9.17) is 9.47 Å². The van der Waals surface area contributed by atoms with Crippen LogP contribution < -0.4 is 11.2 Å². The number of H-pyrrole nitrogens is 1. The lowest BCUT2D eigenvalue weighted by atomic mass is 10.1. The molecule has 3 heterocycles. The number of aromatic nitrogens is 5. The summed E-state index contributed by atoms with van der Waals surface area (Å²) in [5.41, 5.74) is -0.0313. The minimum absolute atomic E-state index is 0.109. The zero-order chi connectivity index (χ0) is 19.7. The molecule has 2 aromatic rings. The molecule has 0 amide bonds. The van der Waals surface area contributed by atoms with Crippen molar-refractivity contribution < 1.29 is 19.4 Å². The summed E-state index contributed by atoms with van der Waals surface area (Å²) in [4.78, 5) is 37.8. The second kappa shape index (κ2) is 7.45. The predicted octanol–water partition coefficient (Wildman–Crippen LogP) is -0.693. The van der Waals surface area contributed by atoms with E-state index in [0.29, 0.717) is 24.1 Å². The topological polar surface area (TPSA) is 141 Å². The van der Waals surface area contributed by atoms with E-state index in [1.165, 1.54) is 22.6 Å². The van der Waals surface area contributed by atoms with Crippen LogP contribution in [0.5, 0.6) is 0 Å². The minimum Gasteiger partial charge on any atom is -0.464 e. The van der Waals surface area contributed by atoms with Gasteiger partial charge in [0, 0.05) is 18.2 Å². The Morgan fingerprint density at radius 3 is 2.85 bits per heavy atom. The third-order valence-corrected chi connectivity index (χ3v) is 4.66. The average molecular weight is 379 g/mol. The second-order valence-electron chi connectivity index (χ2n) is 6.27. The highest BCUT2D eigenvalue weighted by Crippen LogP contribution is 2.36. The van der Waals surface area contributed by atoms with E-state index < -0.39 is 35.6 Å². The van der Waals surface area contributed by atoms with Gasteiger partial charge in [-0.15, -0.1) is 5.10 Å². The summed E-state index contributed by atoms with van der Waals surface area (Å²) in [6, 6.07) is -0.444. The van der Waals surface area contributed by atoms with Crippen LogP contribution in [-0.4, -0.2) is 55.4 Å². The number of carbonyl (C=O) groups is 1. The van der Waals surface area contributed by atoms with Gasteiger partial charge in [0.15, 0.2) is 5.69 Å². The summed E-state index contributed by atoms with van der Waals surface area (Å²) < 4.78 is 13.4. The van der Waals surface area contributed by atoms with Crippen LogP contribution in [-0.2, 0) is 15.9 Å². The van der Waals surface area contributed by atoms with Crippen molar-refractivity contribution in [3.8, 4) is 0 Å². The molecule has 3 atom stereocenters. The van der Waals surface area contributed by atoms with Gasteiger partial charge in [0.25, 0.3) is 5.56 Å². The number of hydrogen-bond donors (Lipinski definition) is 2. The van der Waals surface area contributed by atoms with Crippen molar-refractivity contribution in [2.24, 2.45) is 0 Å². The second-order valence-corrected chi connectivity index (χ2v) is 6.27. The molecule has 0 aromatic carbocycles. The van der Waals surface area contributed by atoms with Crippen molar-refractivity contribution in [1.29, 1.82) is 0 Å². The first-order valence-corrected chi connectivity index (χ1v) is 8.52. The number of aliphatic hydroxyl groups is 1. The smallest absolute Gasteiger partial charge is 0.360 e. The lowest BCUT2D eigenvalue weighted by molar-refractivity contribution is -0.0325. The summed E-state index contributed by atoms with van der Waals surface area (Å²) in [5, 5.41) is 17.7. The summed E-state index contributed by atoms with van der Waals surface area (Å²) >= 11 is 0. The van der Waals surface area contributed by atoms with Crippen LogP contribution in [0.4, 0.5) is 0 Å². The van der Waals surface area contributed by atoms with E-state index in [0.717, 1.165) is 0 Å². The van der Waals surface area contributed by atoms with Crippen molar-refractivity contribution in [3.63, 3.8) is 0 Å². The van der Waals surface area contributed by atoms with Crippen LogP contribution in [0.2, 0.25) is 0 Å². The number of methoxy groups -OCH3 is 1. The Kier molecular flexibility index (Phi) is 5.24. The highest BCUT2D eigenvalue weighted by Gasteiger charge is 2.40. The molecule has 1 aliphatic heterocycles. The van der Waals surface area contributed by atoms with Gasteiger partial charge < -0.3 is 14.6 Å². The van der Waals surface area contributed by atoms with Crippen LogP contribution in [0.25, 0.3) is 0 Å². The molecule has 0 radical (unpaired) electrons. The molecule has 146 valence electrons. The zero-order valence-electron chi connectivity index (χ0n) is 15.2. The SMILES string of the molecule is CCc1c(C(=O)OC)nnn1[C@H]1C[C@H](n2cc(C)c(=O)[nH]c2=O)O[C@@H]1CO. The lowest BCUT2D eigenvalue weighted by Gasteiger charge is -2.17. The number of aryl methyl sites for hydroxylation is 1. The number of aliphatic hydroxyl groups excluding tert-OH is 1. The third-order valence-electron chi connectivity index (χ3n) is 4.66. The number of nitrogens with one attached hydrogen (secondary N) is 1. The Hall–Kier alpha value is -2.79. The summed E-state index contributed by atoms with van der Waals surface area (Å²) in [6.45, 7) is 3.12. The summed E-state index contributed by atoms with van der Waals surface area (Å²) in [7, 11) is 1.26. The van der Waals surface area contributed by atoms with E-state index >= 15 is 0 Å². The Labute approximate surface area is 153 Å². The van der Waals surface area contributed by atoms with E-state index in [9.17, 15) is 19.5 Å². The maximum atomic E-state index is 12.1. The number of nitrogens with zero attached hydrogens (tertiary/aromatic N) is 4. The van der Waals surface area contributed by atoms with Crippen LogP contribution in [0, 0.1) is 6.92 Å². The maximum Gasteiger partial charge on any atom is 0.360 e. The first-order valence-electron chi connectivity index (χ1n) is 8.52. The number of aromatic amines is 1. The molecule has 11 heteroatoms. The fraction of sp³-hybridized carbons (Fsp3) is 0.562. The zero-order valence-corrected chi connectivity index (χ0v) is 15.2. The fourth-order valence-corrected chi connectivity index (χ4v) is 3.27. The highest BCUT2D eigenvalue weighted by atomic mass is 16.5. The van der Waals surface area contributed by atoms with E-state index in [-0.39, 0.29) is 12.3 Å². The van der Waals surface area contributed by atoms with Gasteiger partial charge in [0.05, 0.1) is 25.5 Å². The molecule has 0 unspecified atom stereocenters. The first-order chi connectivity index (χ1) is 12.9. The van der Waals surface area contributed by atoms with Crippen molar-refractivity contribution in [2.45, 2.75) is 45.1 Å². The van der Waals surface area contributed by atoms with Gasteiger partial charge in [-0.05, 0) is 13.3 Å². The molecule has 1 fully saturated rings. The first kappa shape index (κ1) is 19.0. The number of esters is 1. The molecular weight excluding hydrogens is 358 g/mol. The van der Waals surface area contributed by atoms with Gasteiger partial charge in [-0.3, -0.25) is 14.3 Å². The van der Waals surface area contributed by atoms with Crippen molar-refractivity contribution in [2.75, 3.05) is 13.7 Å². The standard InChI is InChI=1S/C16H21N5O6/c1-4-9-13(15(24)26-3)18-19-21(9)10-5-12(27-11(10)7-22)20-6-8(2)14(23)17-16(20)25/h6,10-12,22H,4-5,7H2,1-3H3,(H,17,23,25)/t10-,11+,12+/m0/s1. The Balaban J connectivity index is 1.98. The lowest BCUT2D eigenvalue weighted by Crippen LogP contribution is -2.33. The summed E-state index contributed by atoms with van der Waals surface area (Å²) in [6.07, 6.45) is 0.824. The normalized spacial score (nSPS) is 22.1. The molecule has 3 rings (SSSR count). The number of ether oxygens (including phenoxy) is 2. The largest absolute Gasteiger partial charge is 0.464 e. The predicted molar refractivity (Wildman–Crippen MR) is 91.4 cm³/mol. The molecule has 27 heavy (non-hydrogen) atoms. The van der Waals surface area contributed by atoms with Gasteiger partial charge in [-0.25, -0.2) is 14.3 Å². The van der Waals surface area contributed by atoms with Gasteiger partial charge in [-0.2, -0.15) is 0 Å². The molecule has 2 aromatic heterocycles. The Bertz CT molecular complexity index is 961. The molecule has 1 saturated heterocycles. The van der Waals surface area contributed by atoms with Crippen LogP contribution in [0.15, 0.2) is 15.8 Å². The van der Waals surface area contributed by atoms with Gasteiger partial charge >= 0.3 is 11.7 Å². The van der Waals surface area contributed by atoms with Crippen LogP contribution in [0.3, 0.4) is 0 Å². The van der Waals surface area contributed by atoms with E-state index in [1.807, 2.05) is 6.92 Å². The van der Waals surface area contributed by atoms with Crippen molar-refractivity contribution >= 4 is 5.97 Å². The third kappa shape index (κ3) is 3.30. The van der Waals surface area contributed by atoms with Crippen molar-refractivity contribution in [3.05, 3.63) is 44.0 Å². The van der Waals surface area contributed by atoms with E-state index in [2.05, 4.69) is 15.3 Å². The number of hydrogen-bond acceptors (Lipinski definition) is 8. The molecular formula is C16H21N5O6. The van der Waals surface area contributed by atoms with E-state index in [1.54, 1.807) is 6.92 Å². The molecule has 1 aliphatic rings. The minimum atomic E-state index is -0.703. The van der Waals surface area contributed by atoms with Crippen LogP contribution in [0.1, 0.15) is 47.4 Å².